The van der Waals surface area contributed by atoms with Crippen molar-refractivity contribution in [2.24, 2.45) is 0 Å². The number of furan rings is 1. The number of hydrogen-bond acceptors (Lipinski definition) is 2. The van der Waals surface area contributed by atoms with E-state index in [4.69, 9.17) is 9.52 Å². The quantitative estimate of drug-likeness (QED) is 0.188. The van der Waals surface area contributed by atoms with E-state index in [1.54, 1.807) is 6.07 Å². The fraction of sp³-hybridized carbons (Fsp3) is 0.654. The Kier molecular flexibility index (Phi) is 15.9. The van der Waals surface area contributed by atoms with Crippen LogP contribution in [0.3, 0.4) is 0 Å². The molecular formula is C26H42O3. The molecule has 0 atom stereocenters. The Bertz CT molecular complexity index is 568. The van der Waals surface area contributed by atoms with E-state index in [2.05, 4.69) is 31.2 Å². The fourth-order valence-corrected chi connectivity index (χ4v) is 3.42. The second kappa shape index (κ2) is 18.3. The van der Waals surface area contributed by atoms with E-state index in [0.29, 0.717) is 5.76 Å². The number of carboxylic acids is 1. The van der Waals surface area contributed by atoms with Gasteiger partial charge in [0, 0.05) is 6.42 Å². The molecule has 0 bridgehead atoms. The second-order valence-electron chi connectivity index (χ2n) is 7.97. The number of carbonyl (C=O) groups is 1. The van der Waals surface area contributed by atoms with Crippen LogP contribution in [0.15, 0.2) is 40.9 Å². The zero-order valence-corrected chi connectivity index (χ0v) is 18.5. The lowest BCUT2D eigenvalue weighted by atomic mass is 10.1. The summed E-state index contributed by atoms with van der Waals surface area (Å²) in [7, 11) is 0. The molecule has 3 nitrogen and oxygen atoms in total. The lowest BCUT2D eigenvalue weighted by Crippen LogP contribution is -1.97. The molecule has 0 amide bonds. The summed E-state index contributed by atoms with van der Waals surface area (Å²) in [6, 6.07) is 3.65. The highest BCUT2D eigenvalue weighted by molar-refractivity contribution is 5.69. The standard InChI is InChI=1S/C26H42O3/c1-2-3-4-5-6-7-8-9-10-11-12-13-14-15-16-17-18-19-20-24-21-22-25(29-24)23-26(27)28/h7-8,17-18,21-22H,2-6,9-16,19-20,23H2,1H3,(H,27,28)/b8-7-,18-17-. The van der Waals surface area contributed by atoms with Crippen molar-refractivity contribution in [2.45, 2.75) is 110 Å². The van der Waals surface area contributed by atoms with Gasteiger partial charge in [-0.25, -0.2) is 0 Å². The van der Waals surface area contributed by atoms with Crippen molar-refractivity contribution in [3.63, 3.8) is 0 Å². The minimum Gasteiger partial charge on any atom is -0.481 e. The molecule has 0 aliphatic heterocycles. The number of allylic oxidation sites excluding steroid dienone is 4. The third kappa shape index (κ3) is 15.8. The van der Waals surface area contributed by atoms with Crippen LogP contribution in [0.4, 0.5) is 0 Å². The monoisotopic (exact) mass is 402 g/mol. The molecule has 1 heterocycles. The molecule has 3 heteroatoms. The first-order chi connectivity index (χ1) is 14.2. The summed E-state index contributed by atoms with van der Waals surface area (Å²) in [4.78, 5) is 10.6. The maximum Gasteiger partial charge on any atom is 0.311 e. The lowest BCUT2D eigenvalue weighted by Gasteiger charge is -1.99. The van der Waals surface area contributed by atoms with Gasteiger partial charge in [0.1, 0.15) is 17.9 Å². The number of aryl methyl sites for hydroxylation is 1. The Balaban J connectivity index is 1.85. The van der Waals surface area contributed by atoms with E-state index in [0.717, 1.165) is 25.0 Å². The molecular weight excluding hydrogens is 360 g/mol. The van der Waals surface area contributed by atoms with Gasteiger partial charge in [-0.2, -0.15) is 0 Å². The van der Waals surface area contributed by atoms with Crippen molar-refractivity contribution in [1.82, 2.24) is 0 Å². The van der Waals surface area contributed by atoms with Crippen LogP contribution < -0.4 is 0 Å². The summed E-state index contributed by atoms with van der Waals surface area (Å²) in [6.45, 7) is 2.26. The summed E-state index contributed by atoms with van der Waals surface area (Å²) in [5.41, 5.74) is 0. The SMILES string of the molecule is CCCCCC/C=C\CCCCCCCC/C=C\CCc1ccc(CC(=O)O)o1. The minimum atomic E-state index is -0.851. The van der Waals surface area contributed by atoms with E-state index >= 15 is 0 Å². The molecule has 1 N–H and O–H groups in total. The molecule has 0 unspecified atom stereocenters. The zero-order valence-electron chi connectivity index (χ0n) is 18.5. The number of unbranched alkanes of at least 4 members (excludes halogenated alkanes) is 11. The summed E-state index contributed by atoms with van der Waals surface area (Å²) >= 11 is 0. The first-order valence-corrected chi connectivity index (χ1v) is 11.8. The summed E-state index contributed by atoms with van der Waals surface area (Å²) in [6.07, 6.45) is 28.1. The summed E-state index contributed by atoms with van der Waals surface area (Å²) in [5.74, 6) is 0.558. The topological polar surface area (TPSA) is 50.4 Å². The van der Waals surface area contributed by atoms with Gasteiger partial charge in [0.2, 0.25) is 0 Å². The zero-order chi connectivity index (χ0) is 21.0. The molecule has 1 rings (SSSR count). The Morgan fingerprint density at radius 1 is 0.759 bits per heavy atom. The first kappa shape index (κ1) is 25.3. The van der Waals surface area contributed by atoms with Gasteiger partial charge in [0.05, 0.1) is 0 Å². The highest BCUT2D eigenvalue weighted by atomic mass is 16.4. The Labute approximate surface area is 178 Å². The second-order valence-corrected chi connectivity index (χ2v) is 7.97. The summed E-state index contributed by atoms with van der Waals surface area (Å²) < 4.78 is 5.51. The van der Waals surface area contributed by atoms with Crippen molar-refractivity contribution < 1.29 is 14.3 Å². The van der Waals surface area contributed by atoms with Gasteiger partial charge in [-0.3, -0.25) is 4.79 Å². The van der Waals surface area contributed by atoms with Gasteiger partial charge < -0.3 is 9.52 Å². The third-order valence-corrected chi connectivity index (χ3v) is 5.15. The molecule has 0 aliphatic rings. The van der Waals surface area contributed by atoms with E-state index in [-0.39, 0.29) is 6.42 Å². The van der Waals surface area contributed by atoms with Crippen molar-refractivity contribution in [2.75, 3.05) is 0 Å². The van der Waals surface area contributed by atoms with Gasteiger partial charge in [0.25, 0.3) is 0 Å². The molecule has 0 aliphatic carbocycles. The van der Waals surface area contributed by atoms with Gasteiger partial charge in [-0.05, 0) is 57.1 Å². The van der Waals surface area contributed by atoms with E-state index in [1.807, 2.05) is 6.07 Å². The maximum atomic E-state index is 10.6. The highest BCUT2D eigenvalue weighted by Gasteiger charge is 2.05. The Morgan fingerprint density at radius 3 is 1.79 bits per heavy atom. The van der Waals surface area contributed by atoms with Gasteiger partial charge in [0.15, 0.2) is 0 Å². The van der Waals surface area contributed by atoms with Gasteiger partial charge >= 0.3 is 5.97 Å². The van der Waals surface area contributed by atoms with Crippen molar-refractivity contribution in [3.05, 3.63) is 48.0 Å². The van der Waals surface area contributed by atoms with Crippen LogP contribution in [-0.2, 0) is 17.6 Å². The smallest absolute Gasteiger partial charge is 0.311 e. The normalized spacial score (nSPS) is 11.8. The molecule has 0 aromatic carbocycles. The maximum absolute atomic E-state index is 10.6. The average Bonchev–Trinajstić information content (AvgIpc) is 3.13. The molecule has 0 saturated carbocycles. The predicted octanol–water partition coefficient (Wildman–Crippen LogP) is 8.04. The number of rotatable bonds is 19. The van der Waals surface area contributed by atoms with Crippen LogP contribution in [-0.4, -0.2) is 11.1 Å². The van der Waals surface area contributed by atoms with E-state index < -0.39 is 5.97 Å². The van der Waals surface area contributed by atoms with Crippen LogP contribution in [0.25, 0.3) is 0 Å². The first-order valence-electron chi connectivity index (χ1n) is 11.8. The molecule has 1 aromatic rings. The third-order valence-electron chi connectivity index (χ3n) is 5.15. The van der Waals surface area contributed by atoms with E-state index in [9.17, 15) is 4.79 Å². The molecule has 0 saturated heterocycles. The molecule has 29 heavy (non-hydrogen) atoms. The Morgan fingerprint density at radius 2 is 1.24 bits per heavy atom. The largest absolute Gasteiger partial charge is 0.481 e. The molecule has 0 spiro atoms. The molecule has 0 fully saturated rings. The number of hydrogen-bond donors (Lipinski definition) is 1. The molecule has 0 radical (unpaired) electrons. The number of aliphatic carboxylic acids is 1. The fourth-order valence-electron chi connectivity index (χ4n) is 3.42. The predicted molar refractivity (Wildman–Crippen MR) is 122 cm³/mol. The van der Waals surface area contributed by atoms with Crippen LogP contribution >= 0.6 is 0 Å². The average molecular weight is 403 g/mol. The van der Waals surface area contributed by atoms with Crippen molar-refractivity contribution in [3.8, 4) is 0 Å². The van der Waals surface area contributed by atoms with Crippen LogP contribution in [0.1, 0.15) is 108 Å². The van der Waals surface area contributed by atoms with Gasteiger partial charge in [-0.1, -0.05) is 76.2 Å². The molecule has 164 valence electrons. The highest BCUT2D eigenvalue weighted by Crippen LogP contribution is 2.12. The minimum absolute atomic E-state index is 0.0360. The van der Waals surface area contributed by atoms with Crippen LogP contribution in [0.5, 0.6) is 0 Å². The van der Waals surface area contributed by atoms with E-state index in [1.165, 1.54) is 77.0 Å². The van der Waals surface area contributed by atoms with Gasteiger partial charge in [-0.15, -0.1) is 0 Å². The summed E-state index contributed by atoms with van der Waals surface area (Å²) in [5, 5.41) is 8.74. The lowest BCUT2D eigenvalue weighted by molar-refractivity contribution is -0.136. The molecule has 1 aromatic heterocycles. The Hall–Kier alpha value is -1.77. The van der Waals surface area contributed by atoms with Crippen LogP contribution in [0.2, 0.25) is 0 Å². The van der Waals surface area contributed by atoms with Crippen molar-refractivity contribution >= 4 is 5.97 Å². The van der Waals surface area contributed by atoms with Crippen molar-refractivity contribution in [1.29, 1.82) is 0 Å². The number of carboxylic acid groups (broad SMARTS) is 1. The van der Waals surface area contributed by atoms with Crippen LogP contribution in [0, 0.1) is 0 Å².